The van der Waals surface area contributed by atoms with Gasteiger partial charge in [-0.25, -0.2) is 0 Å². The van der Waals surface area contributed by atoms with Crippen LogP contribution in [0.15, 0.2) is 22.7 Å². The van der Waals surface area contributed by atoms with Gasteiger partial charge in [0.15, 0.2) is 0 Å². The Hall–Kier alpha value is 0.430. The second kappa shape index (κ2) is 3.90. The number of hydrogen-bond acceptors (Lipinski definition) is 0. The first-order valence-electron chi connectivity index (χ1n) is 3.56. The van der Waals surface area contributed by atoms with Crippen LogP contribution in [0.3, 0.4) is 0 Å². The molecule has 0 fully saturated rings. The van der Waals surface area contributed by atoms with Gasteiger partial charge in [0.2, 0.25) is 0 Å². The van der Waals surface area contributed by atoms with Gasteiger partial charge in [0.05, 0.1) is 0 Å². The average molecular weight is 325 g/mol. The second-order valence-electron chi connectivity index (χ2n) is 2.82. The van der Waals surface area contributed by atoms with E-state index in [4.69, 9.17) is 0 Å². The molecule has 0 atom stereocenters. The van der Waals surface area contributed by atoms with Crippen molar-refractivity contribution in [1.82, 2.24) is 0 Å². The molecule has 1 aromatic carbocycles. The van der Waals surface area contributed by atoms with Crippen LogP contribution in [0.1, 0.15) is 25.3 Å². The fraction of sp³-hybridized carbons (Fsp3) is 0.333. The molecule has 11 heavy (non-hydrogen) atoms. The van der Waals surface area contributed by atoms with Crippen molar-refractivity contribution in [1.29, 1.82) is 0 Å². The molecule has 1 rings (SSSR count). The highest BCUT2D eigenvalue weighted by Gasteiger charge is 2.03. The van der Waals surface area contributed by atoms with Gasteiger partial charge in [0.25, 0.3) is 0 Å². The molecule has 0 amide bonds. The van der Waals surface area contributed by atoms with E-state index in [2.05, 4.69) is 70.6 Å². The van der Waals surface area contributed by atoms with Crippen LogP contribution in [0.25, 0.3) is 0 Å². The van der Waals surface area contributed by atoms with Crippen molar-refractivity contribution >= 4 is 38.5 Å². The summed E-state index contributed by atoms with van der Waals surface area (Å²) in [6.45, 7) is 4.43. The summed E-state index contributed by atoms with van der Waals surface area (Å²) in [6, 6.07) is 6.42. The molecule has 0 nitrogen and oxygen atoms in total. The fourth-order valence-electron chi connectivity index (χ4n) is 0.970. The quantitative estimate of drug-likeness (QED) is 0.680. The molecular weight excluding hydrogens is 315 g/mol. The van der Waals surface area contributed by atoms with Gasteiger partial charge in [-0.3, -0.25) is 0 Å². The Morgan fingerprint density at radius 2 is 2.00 bits per heavy atom. The van der Waals surface area contributed by atoms with E-state index in [9.17, 15) is 0 Å². The fourth-order valence-corrected chi connectivity index (χ4v) is 2.90. The molecule has 0 spiro atoms. The molecule has 0 aliphatic heterocycles. The van der Waals surface area contributed by atoms with E-state index in [1.54, 1.807) is 0 Å². The van der Waals surface area contributed by atoms with Crippen molar-refractivity contribution in [3.8, 4) is 0 Å². The summed E-state index contributed by atoms with van der Waals surface area (Å²) in [6.07, 6.45) is 0. The van der Waals surface area contributed by atoms with Gasteiger partial charge in [0, 0.05) is 8.04 Å². The standard InChI is InChI=1S/C9H10BrI/c1-6(2)8-4-3-7(10)5-9(8)11/h3-6H,1-2H3. The van der Waals surface area contributed by atoms with E-state index in [1.807, 2.05) is 0 Å². The van der Waals surface area contributed by atoms with Crippen LogP contribution in [0.5, 0.6) is 0 Å². The van der Waals surface area contributed by atoms with Gasteiger partial charge < -0.3 is 0 Å². The van der Waals surface area contributed by atoms with Crippen LogP contribution in [-0.4, -0.2) is 0 Å². The van der Waals surface area contributed by atoms with Gasteiger partial charge in [-0.2, -0.15) is 0 Å². The molecule has 0 saturated heterocycles. The smallest absolute Gasteiger partial charge is 0.0185 e. The number of hydrogen-bond donors (Lipinski definition) is 0. The average Bonchev–Trinajstić information content (AvgIpc) is 1.85. The molecule has 2 heteroatoms. The predicted molar refractivity (Wildman–Crippen MR) is 60.9 cm³/mol. The van der Waals surface area contributed by atoms with Crippen molar-refractivity contribution in [2.75, 3.05) is 0 Å². The first kappa shape index (κ1) is 9.52. The summed E-state index contributed by atoms with van der Waals surface area (Å²) in [5.41, 5.74) is 1.42. The Kier molecular flexibility index (Phi) is 3.37. The van der Waals surface area contributed by atoms with E-state index in [0.29, 0.717) is 5.92 Å². The summed E-state index contributed by atoms with van der Waals surface area (Å²) in [4.78, 5) is 0. The maximum atomic E-state index is 3.44. The Morgan fingerprint density at radius 1 is 1.36 bits per heavy atom. The highest BCUT2D eigenvalue weighted by Crippen LogP contribution is 2.24. The van der Waals surface area contributed by atoms with Crippen molar-refractivity contribution in [2.45, 2.75) is 19.8 Å². The Bertz CT molecular complexity index is 256. The van der Waals surface area contributed by atoms with Gasteiger partial charge >= 0.3 is 0 Å². The maximum absolute atomic E-state index is 3.44. The van der Waals surface area contributed by atoms with Crippen molar-refractivity contribution in [2.24, 2.45) is 0 Å². The lowest BCUT2D eigenvalue weighted by Gasteiger charge is -2.07. The number of halogens is 2. The van der Waals surface area contributed by atoms with Crippen molar-refractivity contribution in [3.63, 3.8) is 0 Å². The van der Waals surface area contributed by atoms with Crippen LogP contribution in [0.4, 0.5) is 0 Å². The lowest BCUT2D eigenvalue weighted by atomic mass is 10.0. The van der Waals surface area contributed by atoms with E-state index < -0.39 is 0 Å². The summed E-state index contributed by atoms with van der Waals surface area (Å²) >= 11 is 5.81. The highest BCUT2D eigenvalue weighted by molar-refractivity contribution is 14.1. The molecule has 0 aliphatic carbocycles. The van der Waals surface area contributed by atoms with E-state index >= 15 is 0 Å². The van der Waals surface area contributed by atoms with Gasteiger partial charge in [0.1, 0.15) is 0 Å². The van der Waals surface area contributed by atoms with E-state index in [1.165, 1.54) is 9.13 Å². The zero-order chi connectivity index (χ0) is 8.43. The number of rotatable bonds is 1. The van der Waals surface area contributed by atoms with Gasteiger partial charge in [-0.1, -0.05) is 35.8 Å². The van der Waals surface area contributed by atoms with Crippen molar-refractivity contribution in [3.05, 3.63) is 31.8 Å². The Labute approximate surface area is 89.7 Å². The van der Waals surface area contributed by atoms with Crippen LogP contribution in [0.2, 0.25) is 0 Å². The predicted octanol–water partition coefficient (Wildman–Crippen LogP) is 4.18. The molecule has 0 aromatic heterocycles. The topological polar surface area (TPSA) is 0 Å². The Morgan fingerprint density at radius 3 is 2.45 bits per heavy atom. The SMILES string of the molecule is CC(C)c1ccc(Br)cc1I. The molecule has 0 radical (unpaired) electrons. The summed E-state index contributed by atoms with van der Waals surface area (Å²) < 4.78 is 2.50. The molecule has 1 aromatic rings. The summed E-state index contributed by atoms with van der Waals surface area (Å²) in [5, 5.41) is 0. The molecule has 0 saturated carbocycles. The highest BCUT2D eigenvalue weighted by atomic mass is 127. The summed E-state index contributed by atoms with van der Waals surface area (Å²) in [5.74, 6) is 0.620. The van der Waals surface area contributed by atoms with Gasteiger partial charge in [-0.05, 0) is 46.2 Å². The minimum absolute atomic E-state index is 0.620. The molecule has 0 heterocycles. The molecule has 0 aliphatic rings. The third-order valence-electron chi connectivity index (χ3n) is 1.58. The minimum Gasteiger partial charge on any atom is -0.0586 e. The largest absolute Gasteiger partial charge is 0.0586 e. The van der Waals surface area contributed by atoms with E-state index in [-0.39, 0.29) is 0 Å². The lowest BCUT2D eigenvalue weighted by molar-refractivity contribution is 0.860. The monoisotopic (exact) mass is 324 g/mol. The maximum Gasteiger partial charge on any atom is 0.0185 e. The van der Waals surface area contributed by atoms with Crippen LogP contribution < -0.4 is 0 Å². The van der Waals surface area contributed by atoms with Crippen LogP contribution in [-0.2, 0) is 0 Å². The second-order valence-corrected chi connectivity index (χ2v) is 4.90. The van der Waals surface area contributed by atoms with Crippen molar-refractivity contribution < 1.29 is 0 Å². The summed E-state index contributed by atoms with van der Waals surface area (Å²) in [7, 11) is 0. The first-order valence-corrected chi connectivity index (χ1v) is 5.43. The normalized spacial score (nSPS) is 10.6. The number of benzene rings is 1. The zero-order valence-electron chi connectivity index (χ0n) is 6.57. The third kappa shape index (κ3) is 2.44. The molecule has 0 unspecified atom stereocenters. The zero-order valence-corrected chi connectivity index (χ0v) is 10.3. The molecular formula is C9H10BrI. The molecule has 0 N–H and O–H groups in total. The first-order chi connectivity index (χ1) is 5.11. The van der Waals surface area contributed by atoms with Gasteiger partial charge in [-0.15, -0.1) is 0 Å². The third-order valence-corrected chi connectivity index (χ3v) is 3.01. The van der Waals surface area contributed by atoms with E-state index in [0.717, 1.165) is 4.47 Å². The molecule has 0 bridgehead atoms. The molecule has 60 valence electrons. The van der Waals surface area contributed by atoms with Crippen LogP contribution >= 0.6 is 38.5 Å². The van der Waals surface area contributed by atoms with Crippen LogP contribution in [0, 0.1) is 3.57 Å². The minimum atomic E-state index is 0.620. The lowest BCUT2D eigenvalue weighted by Crippen LogP contribution is -1.90. The Balaban J connectivity index is 3.09.